The van der Waals surface area contributed by atoms with E-state index in [0.717, 1.165) is 106 Å². The van der Waals surface area contributed by atoms with E-state index in [1.54, 1.807) is 39.1 Å². The number of aryl methyl sites for hydroxylation is 4. The number of anilines is 2. The summed E-state index contributed by atoms with van der Waals surface area (Å²) in [5, 5.41) is 42.9. The number of hydrogen-bond acceptors (Lipinski definition) is 9. The van der Waals surface area contributed by atoms with Gasteiger partial charge in [0.05, 0.1) is 26.8 Å². The van der Waals surface area contributed by atoms with Crippen molar-refractivity contribution in [3.63, 3.8) is 0 Å². The van der Waals surface area contributed by atoms with Crippen molar-refractivity contribution in [1.29, 1.82) is 0 Å². The van der Waals surface area contributed by atoms with E-state index in [9.17, 15) is 24.0 Å². The normalized spacial score (nSPS) is 16.3. The van der Waals surface area contributed by atoms with E-state index in [2.05, 4.69) is 40.1 Å². The van der Waals surface area contributed by atoms with E-state index in [1.807, 2.05) is 12.3 Å². The lowest BCUT2D eigenvalue weighted by Gasteiger charge is -2.24. The zero-order chi connectivity index (χ0) is 41.6. The van der Waals surface area contributed by atoms with Gasteiger partial charge in [-0.25, -0.2) is 18.9 Å². The summed E-state index contributed by atoms with van der Waals surface area (Å²) >= 11 is 2.46. The molecule has 308 valence electrons. The lowest BCUT2D eigenvalue weighted by Crippen LogP contribution is -2.20. The molecule has 0 aliphatic heterocycles. The van der Waals surface area contributed by atoms with Gasteiger partial charge in [0, 0.05) is 44.8 Å². The molecule has 57 heavy (non-hydrogen) atoms. The summed E-state index contributed by atoms with van der Waals surface area (Å²) in [6.07, 6.45) is 6.27. The van der Waals surface area contributed by atoms with Gasteiger partial charge in [0.2, 0.25) is 0 Å². The Morgan fingerprint density at radius 3 is 2.04 bits per heavy atom. The van der Waals surface area contributed by atoms with Crippen LogP contribution < -0.4 is 20.9 Å². The second-order valence-corrected chi connectivity index (χ2v) is 21.7. The van der Waals surface area contributed by atoms with Gasteiger partial charge in [-0.05, 0) is 143 Å². The highest BCUT2D eigenvalue weighted by atomic mass is 32.2. The van der Waals surface area contributed by atoms with Crippen LogP contribution in [0.25, 0.3) is 0 Å². The first-order chi connectivity index (χ1) is 26.6. The summed E-state index contributed by atoms with van der Waals surface area (Å²) < 4.78 is 22.7. The number of nitrogens with zero attached hydrogens (tertiary/aromatic N) is 4. The Kier molecular flexibility index (Phi) is 12.6. The molecule has 4 aromatic rings. The number of hydrogen-bond donors (Lipinski definition) is 6. The van der Waals surface area contributed by atoms with Gasteiger partial charge in [0.15, 0.2) is 9.92 Å². The summed E-state index contributed by atoms with van der Waals surface area (Å²) in [5.41, 5.74) is 7.98. The predicted molar refractivity (Wildman–Crippen MR) is 231 cm³/mol. The molecule has 0 fully saturated rings. The number of carbonyl (C=O) groups excluding carboxylic acids is 2. The van der Waals surface area contributed by atoms with Gasteiger partial charge in [-0.1, -0.05) is 20.8 Å². The molecule has 17 heteroatoms. The number of thiophene rings is 2. The van der Waals surface area contributed by atoms with Gasteiger partial charge in [0.25, 0.3) is 0 Å². The van der Waals surface area contributed by atoms with Crippen LogP contribution in [0.15, 0.2) is 40.0 Å². The second kappa shape index (κ2) is 16.7. The molecule has 4 amide bonds. The van der Waals surface area contributed by atoms with E-state index >= 15 is 0 Å². The van der Waals surface area contributed by atoms with Crippen LogP contribution in [0.4, 0.5) is 21.0 Å². The smallest absolute Gasteiger partial charge is 0.354 e. The third kappa shape index (κ3) is 9.57. The molecule has 4 aromatic heterocycles. The van der Waals surface area contributed by atoms with Crippen molar-refractivity contribution >= 4 is 66.9 Å². The van der Waals surface area contributed by atoms with Crippen LogP contribution in [0.1, 0.15) is 136 Å². The van der Waals surface area contributed by atoms with Crippen molar-refractivity contribution < 1.29 is 24.0 Å². The summed E-state index contributed by atoms with van der Waals surface area (Å²) in [5.74, 6) is -0.0323. The zero-order valence-electron chi connectivity index (χ0n) is 33.8. The zero-order valence-corrected chi connectivity index (χ0v) is 37.1. The fourth-order valence-corrected chi connectivity index (χ4v) is 12.0. The van der Waals surface area contributed by atoms with E-state index in [-0.39, 0.29) is 16.0 Å². The van der Waals surface area contributed by atoms with Gasteiger partial charge in [-0.3, -0.25) is 15.1 Å². The molecular formula is C40H54N8O5S4. The van der Waals surface area contributed by atoms with Gasteiger partial charge in [0.1, 0.15) is 4.21 Å². The topological polar surface area (TPSA) is 218 Å². The largest absolute Gasteiger partial charge is 0.386 e. The molecule has 0 spiro atoms. The molecule has 13 nitrogen and oxygen atoms in total. The minimum Gasteiger partial charge on any atom is -0.386 e. The minimum absolute atomic E-state index is 0.0422. The van der Waals surface area contributed by atoms with Crippen molar-refractivity contribution in [2.45, 2.75) is 138 Å². The molecule has 6 rings (SSSR count). The number of nitrogens with one attached hydrogen (secondary N) is 2. The lowest BCUT2D eigenvalue weighted by molar-refractivity contribution is 0.0784. The van der Waals surface area contributed by atoms with Crippen molar-refractivity contribution in [2.24, 2.45) is 19.0 Å². The number of urea groups is 2. The first-order valence-corrected chi connectivity index (χ1v) is 23.8. The van der Waals surface area contributed by atoms with Crippen LogP contribution in [0, 0.1) is 6.92 Å². The fraction of sp³-hybridized carbons (Fsp3) is 0.500. The highest BCUT2D eigenvalue weighted by Crippen LogP contribution is 2.41. The molecule has 3 unspecified atom stereocenters. The first-order valence-electron chi connectivity index (χ1n) is 19.2. The van der Waals surface area contributed by atoms with Crippen molar-refractivity contribution in [2.75, 3.05) is 10.6 Å². The number of carbonyl (C=O) groups is 2. The summed E-state index contributed by atoms with van der Waals surface area (Å²) in [7, 11) is -4.78. The van der Waals surface area contributed by atoms with Crippen molar-refractivity contribution in [3.8, 4) is 0 Å². The van der Waals surface area contributed by atoms with Crippen molar-refractivity contribution in [1.82, 2.24) is 9.97 Å². The molecule has 0 radical (unpaired) electrons. The van der Waals surface area contributed by atoms with Gasteiger partial charge in [-0.15, -0.1) is 27.0 Å². The SMILES string of the molecule is Cc1nc2c(c(NC(=O)N=S(N)(=O)c3cc(C(C)(C)O)cs3)c1C(C)CCc1nc3c(c(NC(=O)/N=S(\N)c4cc(C(C)(C)O)cs4)c1C(C)C)CCC3)CCC2. The maximum Gasteiger partial charge on any atom is 0.354 e. The van der Waals surface area contributed by atoms with Crippen LogP contribution >= 0.6 is 22.7 Å². The number of pyridine rings is 2. The predicted octanol–water partition coefficient (Wildman–Crippen LogP) is 8.40. The van der Waals surface area contributed by atoms with Crippen LogP contribution in [-0.2, 0) is 64.1 Å². The fourth-order valence-electron chi connectivity index (χ4n) is 7.68. The molecule has 0 saturated heterocycles. The second-order valence-electron chi connectivity index (χ2n) is 16.3. The van der Waals surface area contributed by atoms with Gasteiger partial charge in [-0.2, -0.15) is 4.36 Å². The van der Waals surface area contributed by atoms with Crippen LogP contribution in [0.3, 0.4) is 0 Å². The molecule has 0 saturated carbocycles. The molecule has 4 heterocycles. The third-order valence-electron chi connectivity index (χ3n) is 10.6. The highest BCUT2D eigenvalue weighted by Gasteiger charge is 2.30. The number of nitrogens with two attached hydrogens (primary N) is 2. The maximum absolute atomic E-state index is 13.5. The lowest BCUT2D eigenvalue weighted by atomic mass is 9.88. The number of aliphatic hydroxyl groups is 2. The molecule has 2 aliphatic carbocycles. The number of aromatic nitrogens is 2. The Bertz CT molecular complexity index is 2380. The monoisotopic (exact) mass is 854 g/mol. The molecule has 0 bridgehead atoms. The Labute approximate surface area is 346 Å². The number of rotatable bonds is 11. The number of fused-ring (bicyclic) bond motifs is 2. The van der Waals surface area contributed by atoms with Crippen molar-refractivity contribution in [3.05, 3.63) is 79.0 Å². The van der Waals surface area contributed by atoms with E-state index < -0.39 is 44.1 Å². The standard InChI is InChI=1S/C40H54N8O5S4/c1-21(2)33-30(44-29-14-10-12-27(29)35(33)45-37(49)47-56(41)31-17-24(19-54-31)39(5,6)51)16-15-22(3)34-23(4)43-28-13-9-11-26(28)36(34)46-38(50)48-57(42,53)32-18-25(20-55-32)40(7,8)52/h17-22,51-52H,9-16H2,1-8H3,(H3,41,44,45,47,49)(H3,42,43,46,48,50,53). The molecule has 8 N–H and O–H groups in total. The van der Waals surface area contributed by atoms with E-state index in [0.29, 0.717) is 28.3 Å². The van der Waals surface area contributed by atoms with Crippen LogP contribution in [-0.4, -0.2) is 36.5 Å². The Morgan fingerprint density at radius 1 is 0.895 bits per heavy atom. The van der Waals surface area contributed by atoms with Gasteiger partial charge >= 0.3 is 12.1 Å². The molecule has 2 aliphatic rings. The molecule has 0 aromatic carbocycles. The van der Waals surface area contributed by atoms with E-state index in [1.165, 1.54) is 17.4 Å². The summed E-state index contributed by atoms with van der Waals surface area (Å²) in [6.45, 7) is 14.9. The minimum atomic E-state index is -3.58. The molecule has 3 atom stereocenters. The highest BCUT2D eigenvalue weighted by molar-refractivity contribution is 7.93. The average molecular weight is 855 g/mol. The Balaban J connectivity index is 1.28. The van der Waals surface area contributed by atoms with E-state index in [4.69, 9.17) is 20.2 Å². The summed E-state index contributed by atoms with van der Waals surface area (Å²) in [6, 6.07) is 2.00. The van der Waals surface area contributed by atoms with Gasteiger partial charge < -0.3 is 20.8 Å². The number of amides is 4. The first kappa shape index (κ1) is 43.2. The quantitative estimate of drug-likeness (QED) is 0.0859. The third-order valence-corrected chi connectivity index (χ3v) is 15.9. The Morgan fingerprint density at radius 2 is 1.46 bits per heavy atom. The molecular weight excluding hydrogens is 801 g/mol. The van der Waals surface area contributed by atoms with Crippen LogP contribution in [0.2, 0.25) is 0 Å². The maximum atomic E-state index is 13.5. The summed E-state index contributed by atoms with van der Waals surface area (Å²) in [4.78, 5) is 37.2. The average Bonchev–Trinajstić information content (AvgIpc) is 3.92. The Hall–Kier alpha value is -3.42. The van der Waals surface area contributed by atoms with Crippen LogP contribution in [0.5, 0.6) is 0 Å².